The summed E-state index contributed by atoms with van der Waals surface area (Å²) >= 11 is 0. The van der Waals surface area contributed by atoms with Crippen molar-refractivity contribution < 1.29 is 4.79 Å². The number of likely N-dealkylation sites (tertiary alicyclic amines) is 2. The zero-order valence-electron chi connectivity index (χ0n) is 16.1. The highest BCUT2D eigenvalue weighted by molar-refractivity contribution is 5.81. The van der Waals surface area contributed by atoms with E-state index in [0.717, 1.165) is 45.1 Å². The first-order valence-corrected chi connectivity index (χ1v) is 9.80. The molecular formula is C19H36N4O. The fraction of sp³-hybridized carbons (Fsp3) is 0.895. The smallest absolute Gasteiger partial charge is 0.224 e. The zero-order chi connectivity index (χ0) is 17.5. The second-order valence-electron chi connectivity index (χ2n) is 7.92. The predicted octanol–water partition coefficient (Wildman–Crippen LogP) is 2.58. The van der Waals surface area contributed by atoms with Crippen molar-refractivity contribution in [2.24, 2.45) is 22.7 Å². The van der Waals surface area contributed by atoms with Crippen LogP contribution in [0.2, 0.25) is 0 Å². The number of carbonyl (C=O) groups is 1. The summed E-state index contributed by atoms with van der Waals surface area (Å²) in [7, 11) is 0. The van der Waals surface area contributed by atoms with E-state index in [1.165, 1.54) is 12.8 Å². The summed E-state index contributed by atoms with van der Waals surface area (Å²) in [4.78, 5) is 21.5. The Morgan fingerprint density at radius 1 is 1.08 bits per heavy atom. The van der Waals surface area contributed by atoms with E-state index in [1.807, 2.05) is 4.90 Å². The van der Waals surface area contributed by atoms with Crippen LogP contribution in [0.15, 0.2) is 4.99 Å². The first-order valence-electron chi connectivity index (χ1n) is 9.80. The standard InChI is InChI=1S/C19H36N4O/c1-5-20-19(23-13-16(3)11-17(4)14-23)21-9-8-18(24)22-10-6-7-15(2)12-22/h15-17H,5-14H2,1-4H3,(H,20,21). The highest BCUT2D eigenvalue weighted by Gasteiger charge is 2.24. The average Bonchev–Trinajstić information content (AvgIpc) is 2.53. The van der Waals surface area contributed by atoms with Gasteiger partial charge in [-0.2, -0.15) is 0 Å². The molecule has 0 spiro atoms. The molecule has 0 bridgehead atoms. The van der Waals surface area contributed by atoms with Crippen LogP contribution < -0.4 is 5.32 Å². The summed E-state index contributed by atoms with van der Waals surface area (Å²) in [5, 5.41) is 3.40. The number of carbonyl (C=O) groups excluding carboxylic acids is 1. The summed E-state index contributed by atoms with van der Waals surface area (Å²) in [5.74, 6) is 3.29. The van der Waals surface area contributed by atoms with Gasteiger partial charge in [0.2, 0.25) is 5.91 Å². The summed E-state index contributed by atoms with van der Waals surface area (Å²) in [6.45, 7) is 14.4. The molecule has 3 atom stereocenters. The van der Waals surface area contributed by atoms with Crippen LogP contribution in [0.3, 0.4) is 0 Å². The van der Waals surface area contributed by atoms with Crippen LogP contribution in [0.4, 0.5) is 0 Å². The second kappa shape index (κ2) is 9.28. The van der Waals surface area contributed by atoms with Gasteiger partial charge in [-0.1, -0.05) is 20.8 Å². The summed E-state index contributed by atoms with van der Waals surface area (Å²) in [6, 6.07) is 0. The van der Waals surface area contributed by atoms with E-state index >= 15 is 0 Å². The molecule has 0 aromatic rings. The Morgan fingerprint density at radius 3 is 2.38 bits per heavy atom. The molecule has 138 valence electrons. The molecule has 0 aliphatic carbocycles. The van der Waals surface area contributed by atoms with E-state index in [4.69, 9.17) is 4.99 Å². The number of piperidine rings is 2. The molecule has 2 aliphatic heterocycles. The third-order valence-electron chi connectivity index (χ3n) is 5.10. The largest absolute Gasteiger partial charge is 0.357 e. The Kier molecular flexibility index (Phi) is 7.38. The number of amides is 1. The molecule has 3 unspecified atom stereocenters. The number of aliphatic imine (C=N–C) groups is 1. The van der Waals surface area contributed by atoms with Crippen LogP contribution in [0.5, 0.6) is 0 Å². The molecule has 24 heavy (non-hydrogen) atoms. The maximum atomic E-state index is 12.4. The minimum Gasteiger partial charge on any atom is -0.357 e. The van der Waals surface area contributed by atoms with Crippen LogP contribution >= 0.6 is 0 Å². The van der Waals surface area contributed by atoms with Gasteiger partial charge in [0.1, 0.15) is 0 Å². The van der Waals surface area contributed by atoms with Gasteiger partial charge in [-0.05, 0) is 43.9 Å². The van der Waals surface area contributed by atoms with Gasteiger partial charge in [-0.15, -0.1) is 0 Å². The van der Waals surface area contributed by atoms with Gasteiger partial charge < -0.3 is 15.1 Å². The predicted molar refractivity (Wildman–Crippen MR) is 100 cm³/mol. The highest BCUT2D eigenvalue weighted by atomic mass is 16.2. The molecular weight excluding hydrogens is 300 g/mol. The van der Waals surface area contributed by atoms with Crippen molar-refractivity contribution in [3.8, 4) is 0 Å². The molecule has 1 amide bonds. The van der Waals surface area contributed by atoms with Gasteiger partial charge in [0.15, 0.2) is 5.96 Å². The fourth-order valence-electron chi connectivity index (χ4n) is 4.09. The highest BCUT2D eigenvalue weighted by Crippen LogP contribution is 2.21. The number of hydrogen-bond acceptors (Lipinski definition) is 2. The first-order chi connectivity index (χ1) is 11.5. The maximum absolute atomic E-state index is 12.4. The SMILES string of the molecule is CCNC(=NCCC(=O)N1CCCC(C)C1)N1CC(C)CC(C)C1. The number of nitrogens with one attached hydrogen (secondary N) is 1. The molecule has 0 saturated carbocycles. The molecule has 2 rings (SSSR count). The van der Waals surface area contributed by atoms with Gasteiger partial charge in [0.25, 0.3) is 0 Å². The quantitative estimate of drug-likeness (QED) is 0.634. The molecule has 0 radical (unpaired) electrons. The van der Waals surface area contributed by atoms with Crippen molar-refractivity contribution in [3.05, 3.63) is 0 Å². The van der Waals surface area contributed by atoms with Gasteiger partial charge >= 0.3 is 0 Å². The topological polar surface area (TPSA) is 47.9 Å². The lowest BCUT2D eigenvalue weighted by Gasteiger charge is -2.37. The number of guanidine groups is 1. The van der Waals surface area contributed by atoms with E-state index in [0.29, 0.717) is 30.7 Å². The molecule has 2 saturated heterocycles. The molecule has 5 heteroatoms. The van der Waals surface area contributed by atoms with Crippen molar-refractivity contribution in [3.63, 3.8) is 0 Å². The molecule has 2 fully saturated rings. The molecule has 0 aromatic heterocycles. The van der Waals surface area contributed by atoms with Gasteiger partial charge in [-0.25, -0.2) is 0 Å². The van der Waals surface area contributed by atoms with Crippen LogP contribution in [-0.2, 0) is 4.79 Å². The average molecular weight is 337 g/mol. The van der Waals surface area contributed by atoms with Crippen molar-refractivity contribution in [1.82, 2.24) is 15.1 Å². The third kappa shape index (κ3) is 5.67. The normalized spacial score (nSPS) is 28.8. The number of rotatable bonds is 4. The Balaban J connectivity index is 1.87. The lowest BCUT2D eigenvalue weighted by molar-refractivity contribution is -0.132. The molecule has 2 aliphatic rings. The van der Waals surface area contributed by atoms with E-state index < -0.39 is 0 Å². The summed E-state index contributed by atoms with van der Waals surface area (Å²) < 4.78 is 0. The van der Waals surface area contributed by atoms with Crippen LogP contribution in [0, 0.1) is 17.8 Å². The van der Waals surface area contributed by atoms with Crippen molar-refractivity contribution in [2.45, 2.75) is 53.4 Å². The molecule has 1 N–H and O–H groups in total. The molecule has 2 heterocycles. The lowest BCUT2D eigenvalue weighted by Crippen LogP contribution is -2.48. The maximum Gasteiger partial charge on any atom is 0.224 e. The summed E-state index contributed by atoms with van der Waals surface area (Å²) in [6.07, 6.45) is 4.21. The Morgan fingerprint density at radius 2 is 1.75 bits per heavy atom. The Labute approximate surface area is 147 Å². The second-order valence-corrected chi connectivity index (χ2v) is 7.92. The van der Waals surface area contributed by atoms with E-state index in [9.17, 15) is 4.79 Å². The van der Waals surface area contributed by atoms with Crippen molar-refractivity contribution in [2.75, 3.05) is 39.3 Å². The number of nitrogens with zero attached hydrogens (tertiary/aromatic N) is 3. The van der Waals surface area contributed by atoms with E-state index in [2.05, 4.69) is 37.9 Å². The number of hydrogen-bond donors (Lipinski definition) is 1. The fourth-order valence-corrected chi connectivity index (χ4v) is 4.09. The Bertz CT molecular complexity index is 427. The van der Waals surface area contributed by atoms with Crippen LogP contribution in [0.1, 0.15) is 53.4 Å². The molecule has 0 aromatic carbocycles. The van der Waals surface area contributed by atoms with Crippen LogP contribution in [0.25, 0.3) is 0 Å². The van der Waals surface area contributed by atoms with Gasteiger partial charge in [-0.3, -0.25) is 9.79 Å². The minimum atomic E-state index is 0.265. The molecule has 5 nitrogen and oxygen atoms in total. The minimum absolute atomic E-state index is 0.265. The Hall–Kier alpha value is -1.26. The van der Waals surface area contributed by atoms with Crippen molar-refractivity contribution in [1.29, 1.82) is 0 Å². The lowest BCUT2D eigenvalue weighted by atomic mass is 9.92. The third-order valence-corrected chi connectivity index (χ3v) is 5.10. The van der Waals surface area contributed by atoms with E-state index in [1.54, 1.807) is 0 Å². The van der Waals surface area contributed by atoms with E-state index in [-0.39, 0.29) is 5.91 Å². The van der Waals surface area contributed by atoms with Crippen LogP contribution in [-0.4, -0.2) is 60.9 Å². The van der Waals surface area contributed by atoms with Crippen molar-refractivity contribution >= 4 is 11.9 Å². The van der Waals surface area contributed by atoms with Gasteiger partial charge in [0.05, 0.1) is 6.54 Å². The van der Waals surface area contributed by atoms with Gasteiger partial charge in [0, 0.05) is 39.1 Å². The first kappa shape index (κ1) is 19.1. The summed E-state index contributed by atoms with van der Waals surface area (Å²) in [5.41, 5.74) is 0. The zero-order valence-corrected chi connectivity index (χ0v) is 16.1. The monoisotopic (exact) mass is 336 g/mol.